The molecule has 1 saturated heterocycles. The zero-order valence-corrected chi connectivity index (χ0v) is 33.0. The topological polar surface area (TPSA) is 267 Å². The standard InChI is InChI=1S/C37H64N8O10/c1-5-6-7-8-9-10-11-12-13-14-15-18-31(49)44(4)29(24-47)37(55)41-25(2)33(51)40-23-32(50)45-20-16-17-28(45)36(54)42-26(3)34(52)43-27(22-30(38)48)35(53)39-19-21-46/h21,25-29,47H,5-20,22-24H2,1-4H3,(H2,38,48)(H,39,53)(H,40,51)(H,41,55)(H,42,54)(H,43,52)/t25-,26+,27+,28+,29-/m1/s1. The second-order valence-corrected chi connectivity index (χ2v) is 14.1. The number of aliphatic hydroxyl groups is 1. The summed E-state index contributed by atoms with van der Waals surface area (Å²) in [5, 5.41) is 21.8. The Balaban J connectivity index is 2.55. The molecular formula is C37H64N8O10. The van der Waals surface area contributed by atoms with Gasteiger partial charge in [0.2, 0.25) is 47.3 Å². The number of likely N-dealkylation sites (N-methyl/N-ethyl adjacent to an activating group) is 1. The third kappa shape index (κ3) is 18.5. The van der Waals surface area contributed by atoms with Gasteiger partial charge in [-0.25, -0.2) is 0 Å². The Kier molecular flexibility index (Phi) is 23.8. The molecular weight excluding hydrogens is 716 g/mol. The van der Waals surface area contributed by atoms with Crippen LogP contribution in [-0.2, 0) is 43.2 Å². The van der Waals surface area contributed by atoms with E-state index in [-0.39, 0.29) is 31.8 Å². The smallest absolute Gasteiger partial charge is 0.245 e. The van der Waals surface area contributed by atoms with Gasteiger partial charge in [0, 0.05) is 20.0 Å². The first-order valence-corrected chi connectivity index (χ1v) is 19.5. The van der Waals surface area contributed by atoms with E-state index >= 15 is 0 Å². The Hall–Kier alpha value is -4.61. The lowest BCUT2D eigenvalue weighted by Crippen LogP contribution is -2.57. The van der Waals surface area contributed by atoms with Crippen molar-refractivity contribution in [2.24, 2.45) is 5.73 Å². The molecule has 8 N–H and O–H groups in total. The van der Waals surface area contributed by atoms with Crippen molar-refractivity contribution in [1.29, 1.82) is 0 Å². The number of unbranched alkanes of at least 4 members (excludes halogenated alkanes) is 10. The monoisotopic (exact) mass is 780 g/mol. The second-order valence-electron chi connectivity index (χ2n) is 14.1. The number of aliphatic hydroxyl groups excluding tert-OH is 1. The first kappa shape index (κ1) is 48.4. The summed E-state index contributed by atoms with van der Waals surface area (Å²) >= 11 is 0. The van der Waals surface area contributed by atoms with E-state index in [1.807, 2.05) is 0 Å². The van der Waals surface area contributed by atoms with Crippen molar-refractivity contribution in [1.82, 2.24) is 36.4 Å². The molecule has 0 bridgehead atoms. The average Bonchev–Trinajstić information content (AvgIpc) is 3.65. The summed E-state index contributed by atoms with van der Waals surface area (Å²) in [7, 11) is 1.43. The molecule has 312 valence electrons. The number of hydrogen-bond acceptors (Lipinski definition) is 10. The fourth-order valence-electron chi connectivity index (χ4n) is 6.15. The second kappa shape index (κ2) is 27.0. The number of aldehydes is 1. The number of primary amides is 1. The average molecular weight is 781 g/mol. The Morgan fingerprint density at radius 1 is 0.800 bits per heavy atom. The molecule has 5 atom stereocenters. The van der Waals surface area contributed by atoms with Gasteiger partial charge in [0.15, 0.2) is 0 Å². The largest absolute Gasteiger partial charge is 0.394 e. The van der Waals surface area contributed by atoms with Crippen LogP contribution in [0.2, 0.25) is 0 Å². The number of carbonyl (C=O) groups excluding carboxylic acids is 9. The molecule has 1 heterocycles. The number of nitrogens with one attached hydrogen (secondary N) is 5. The van der Waals surface area contributed by atoms with Gasteiger partial charge in [-0.2, -0.15) is 0 Å². The first-order chi connectivity index (χ1) is 26.2. The predicted molar refractivity (Wildman–Crippen MR) is 202 cm³/mol. The van der Waals surface area contributed by atoms with Crippen molar-refractivity contribution in [3.8, 4) is 0 Å². The molecule has 55 heavy (non-hydrogen) atoms. The van der Waals surface area contributed by atoms with Gasteiger partial charge in [-0.05, 0) is 33.1 Å². The number of amides is 8. The molecule has 0 spiro atoms. The summed E-state index contributed by atoms with van der Waals surface area (Å²) in [5.74, 6) is -5.50. The summed E-state index contributed by atoms with van der Waals surface area (Å²) in [6, 6.07) is -5.87. The van der Waals surface area contributed by atoms with Gasteiger partial charge in [0.1, 0.15) is 36.5 Å². The van der Waals surface area contributed by atoms with Crippen LogP contribution in [0.5, 0.6) is 0 Å². The van der Waals surface area contributed by atoms with Gasteiger partial charge >= 0.3 is 0 Å². The third-order valence-electron chi connectivity index (χ3n) is 9.52. The minimum Gasteiger partial charge on any atom is -0.394 e. The number of likely N-dealkylation sites (tertiary alicyclic amines) is 1. The highest BCUT2D eigenvalue weighted by Crippen LogP contribution is 2.18. The summed E-state index contributed by atoms with van der Waals surface area (Å²) in [6.45, 7) is 3.64. The normalized spacial score (nSPS) is 15.8. The lowest BCUT2D eigenvalue weighted by atomic mass is 10.0. The maximum Gasteiger partial charge on any atom is 0.245 e. The van der Waals surface area contributed by atoms with Crippen LogP contribution in [0.3, 0.4) is 0 Å². The molecule has 1 aliphatic heterocycles. The van der Waals surface area contributed by atoms with E-state index in [9.17, 15) is 48.3 Å². The van der Waals surface area contributed by atoms with E-state index in [0.29, 0.717) is 19.1 Å². The minimum atomic E-state index is -1.38. The Bertz CT molecular complexity index is 1300. The van der Waals surface area contributed by atoms with Crippen LogP contribution in [0.1, 0.15) is 117 Å². The van der Waals surface area contributed by atoms with Gasteiger partial charge in [0.25, 0.3) is 0 Å². The molecule has 18 heteroatoms. The SMILES string of the molecule is CCCCCCCCCCCCCC(=O)N(C)[C@H](CO)C(=O)N[C@H](C)C(=O)NCC(=O)N1CCC[C@H]1C(=O)N[C@@H](C)C(=O)N[C@@H](CC(N)=O)C(=O)NCC=O. The zero-order valence-electron chi connectivity index (χ0n) is 33.0. The van der Waals surface area contributed by atoms with E-state index < -0.39 is 91.1 Å². The van der Waals surface area contributed by atoms with E-state index in [4.69, 9.17) is 5.73 Å². The highest BCUT2D eigenvalue weighted by atomic mass is 16.3. The lowest BCUT2D eigenvalue weighted by molar-refractivity contribution is -0.142. The molecule has 0 unspecified atom stereocenters. The lowest BCUT2D eigenvalue weighted by Gasteiger charge is -2.27. The van der Waals surface area contributed by atoms with E-state index in [1.54, 1.807) is 0 Å². The van der Waals surface area contributed by atoms with Crippen LogP contribution in [0.15, 0.2) is 0 Å². The quantitative estimate of drug-likeness (QED) is 0.0388. The molecule has 18 nitrogen and oxygen atoms in total. The Morgan fingerprint density at radius 3 is 1.95 bits per heavy atom. The van der Waals surface area contributed by atoms with Crippen molar-refractivity contribution >= 4 is 53.5 Å². The van der Waals surface area contributed by atoms with Gasteiger partial charge in [0.05, 0.1) is 26.1 Å². The maximum atomic E-state index is 13.1. The number of hydrogen-bond donors (Lipinski definition) is 7. The Morgan fingerprint density at radius 2 is 1.38 bits per heavy atom. The molecule has 0 aromatic heterocycles. The van der Waals surface area contributed by atoms with Crippen LogP contribution in [-0.4, -0.2) is 132 Å². The number of rotatable bonds is 28. The van der Waals surface area contributed by atoms with Gasteiger partial charge in [-0.1, -0.05) is 71.1 Å². The molecule has 1 aliphatic rings. The summed E-state index contributed by atoms with van der Waals surface area (Å²) in [4.78, 5) is 114. The van der Waals surface area contributed by atoms with E-state index in [0.717, 1.165) is 19.3 Å². The van der Waals surface area contributed by atoms with Gasteiger partial charge in [-0.15, -0.1) is 0 Å². The molecule has 0 aromatic carbocycles. The Labute approximate surface area is 324 Å². The third-order valence-corrected chi connectivity index (χ3v) is 9.52. The number of nitrogens with two attached hydrogens (primary N) is 1. The van der Waals surface area contributed by atoms with Crippen LogP contribution in [0, 0.1) is 0 Å². The summed E-state index contributed by atoms with van der Waals surface area (Å²) in [6.07, 6.45) is 13.3. The minimum absolute atomic E-state index is 0.203. The van der Waals surface area contributed by atoms with Crippen molar-refractivity contribution in [2.45, 2.75) is 147 Å². The summed E-state index contributed by atoms with van der Waals surface area (Å²) < 4.78 is 0. The van der Waals surface area contributed by atoms with Crippen LogP contribution in [0.4, 0.5) is 0 Å². The van der Waals surface area contributed by atoms with Crippen molar-refractivity contribution < 1.29 is 48.3 Å². The maximum absolute atomic E-state index is 13.1. The highest BCUT2D eigenvalue weighted by Gasteiger charge is 2.36. The van der Waals surface area contributed by atoms with Crippen LogP contribution in [0.25, 0.3) is 0 Å². The summed E-state index contributed by atoms with van der Waals surface area (Å²) in [5.41, 5.74) is 5.16. The highest BCUT2D eigenvalue weighted by molar-refractivity contribution is 5.97. The first-order valence-electron chi connectivity index (χ1n) is 19.5. The molecule has 0 saturated carbocycles. The number of nitrogens with zero attached hydrogens (tertiary/aromatic N) is 2. The molecule has 1 fully saturated rings. The number of carbonyl (C=O) groups is 9. The van der Waals surface area contributed by atoms with E-state index in [1.165, 1.54) is 75.6 Å². The van der Waals surface area contributed by atoms with Crippen molar-refractivity contribution in [3.63, 3.8) is 0 Å². The van der Waals surface area contributed by atoms with Crippen molar-refractivity contribution in [2.75, 3.05) is 33.3 Å². The molecule has 0 radical (unpaired) electrons. The fourth-order valence-corrected chi connectivity index (χ4v) is 6.15. The predicted octanol–water partition coefficient (Wildman–Crippen LogP) is -0.701. The van der Waals surface area contributed by atoms with Gasteiger partial charge in [-0.3, -0.25) is 38.4 Å². The molecule has 0 aromatic rings. The fraction of sp³-hybridized carbons (Fsp3) is 0.757. The van der Waals surface area contributed by atoms with Gasteiger partial charge < -0.3 is 52.0 Å². The molecule has 0 aliphatic carbocycles. The van der Waals surface area contributed by atoms with Crippen LogP contribution < -0.4 is 32.3 Å². The van der Waals surface area contributed by atoms with Crippen molar-refractivity contribution in [3.05, 3.63) is 0 Å². The molecule has 8 amide bonds. The molecule has 1 rings (SSSR count). The van der Waals surface area contributed by atoms with E-state index in [2.05, 4.69) is 33.5 Å². The van der Waals surface area contributed by atoms with Crippen LogP contribution >= 0.6 is 0 Å². The zero-order chi connectivity index (χ0) is 41.3.